The fourth-order valence-electron chi connectivity index (χ4n) is 0.658. The zero-order valence-corrected chi connectivity index (χ0v) is 23.5. The molecule has 0 aliphatic carbocycles. The molecule has 0 heterocycles. The van der Waals surface area contributed by atoms with Crippen molar-refractivity contribution in [3.05, 3.63) is 11.3 Å². The van der Waals surface area contributed by atoms with Gasteiger partial charge in [-0.05, 0) is 12.7 Å². The van der Waals surface area contributed by atoms with Crippen LogP contribution in [0.2, 0.25) is 0 Å². The Balaban J connectivity index is -0.0000000423. The zero-order chi connectivity index (χ0) is 24.6. The summed E-state index contributed by atoms with van der Waals surface area (Å²) in [4.78, 5) is 58.9. The second kappa shape index (κ2) is 39.9. The van der Waals surface area contributed by atoms with Crippen LogP contribution in [0.4, 0.5) is 0 Å². The number of methoxy groups -OCH3 is 5. The summed E-state index contributed by atoms with van der Waals surface area (Å²) in [5.41, 5.74) is -0.288. The topological polar surface area (TPSA) is 195 Å². The summed E-state index contributed by atoms with van der Waals surface area (Å²) in [6, 6.07) is 0. The van der Waals surface area contributed by atoms with Crippen LogP contribution < -0.4 is 69.3 Å². The standard InChI is InChI=1S/C7H10O5.C4H6O4.C3H6O2.CH3O.CH2O.CH4.2Na/c1-4(6(9)11-2)5(8)7(10)12-3;1-7-3(5)4(6)8-2;1-3(4)5-2;2*1-2;;;/h8H,1-3H3;1-2H3;1-2H3;1H3;1H2;1H4;;/q;;;-1;;;2*+1/p-1/b5-4-;;;;;;;. The number of carbonyl (C=O) groups is 6. The van der Waals surface area contributed by atoms with Crippen molar-refractivity contribution in [2.24, 2.45) is 0 Å². The Morgan fingerprint density at radius 1 is 0.594 bits per heavy atom. The molecule has 0 atom stereocenters. The Morgan fingerprint density at radius 3 is 0.969 bits per heavy atom. The number of hydrogen-bond acceptors (Lipinski definition) is 13. The number of rotatable bonds is 2. The molecule has 0 aromatic carbocycles. The molecule has 0 aromatic heterocycles. The Morgan fingerprint density at radius 2 is 0.812 bits per heavy atom. The van der Waals surface area contributed by atoms with Gasteiger partial charge < -0.3 is 38.7 Å². The Hall–Kier alpha value is -1.48. The third-order valence-corrected chi connectivity index (χ3v) is 2.03. The molecule has 0 aliphatic heterocycles. The summed E-state index contributed by atoms with van der Waals surface area (Å²) in [5.74, 6) is -5.09. The third-order valence-electron chi connectivity index (χ3n) is 2.03. The molecule has 15 heteroatoms. The van der Waals surface area contributed by atoms with Crippen LogP contribution in [0.3, 0.4) is 0 Å². The monoisotopic (exact) mass is 488 g/mol. The van der Waals surface area contributed by atoms with E-state index in [9.17, 15) is 29.1 Å². The summed E-state index contributed by atoms with van der Waals surface area (Å²) in [5, 5.41) is 19.1. The molecule has 178 valence electrons. The van der Waals surface area contributed by atoms with E-state index >= 15 is 0 Å². The van der Waals surface area contributed by atoms with E-state index in [0.717, 1.165) is 35.5 Å². The maximum absolute atomic E-state index is 10.9. The number of ether oxygens (including phenoxy) is 5. The second-order valence-electron chi connectivity index (χ2n) is 3.62. The maximum atomic E-state index is 10.9. The van der Waals surface area contributed by atoms with Gasteiger partial charge in [-0.1, -0.05) is 7.43 Å². The minimum absolute atomic E-state index is 0. The molecule has 32 heavy (non-hydrogen) atoms. The fraction of sp³-hybridized carbons (Fsp3) is 0.529. The third kappa shape index (κ3) is 35.9. The van der Waals surface area contributed by atoms with Crippen molar-refractivity contribution in [3.63, 3.8) is 0 Å². The predicted octanol–water partition coefficient (Wildman–Crippen LogP) is -8.09. The first-order chi connectivity index (χ1) is 13.5. The van der Waals surface area contributed by atoms with Gasteiger partial charge in [0, 0.05) is 12.5 Å². The molecule has 0 rings (SSSR count). The van der Waals surface area contributed by atoms with Crippen LogP contribution in [0, 0.1) is 0 Å². The molecule has 0 spiro atoms. The first-order valence-corrected chi connectivity index (χ1v) is 6.98. The quantitative estimate of drug-likeness (QED) is 0.0888. The SMILES string of the molecule is C.C=O.COC(=O)/C(C)=C(\[O-])C(=O)OC.COC(=O)C(=O)OC.COC(C)=O.C[O-].[Na+].[Na+]. The van der Waals surface area contributed by atoms with Gasteiger partial charge in [-0.2, -0.15) is 7.11 Å². The normalized spacial score (nSPS) is 7.66. The Labute approximate surface area is 232 Å². The Bertz CT molecular complexity index is 497. The summed E-state index contributed by atoms with van der Waals surface area (Å²) in [6.07, 6.45) is 0. The van der Waals surface area contributed by atoms with E-state index < -0.39 is 29.6 Å². The molecule has 0 radical (unpaired) electrons. The molecule has 0 aliphatic rings. The van der Waals surface area contributed by atoms with Gasteiger partial charge in [0.15, 0.2) is 0 Å². The molecule has 0 saturated heterocycles. The van der Waals surface area contributed by atoms with Gasteiger partial charge >= 0.3 is 89.0 Å². The van der Waals surface area contributed by atoms with Gasteiger partial charge in [-0.3, -0.25) is 4.79 Å². The van der Waals surface area contributed by atoms with Crippen molar-refractivity contribution in [2.45, 2.75) is 21.3 Å². The van der Waals surface area contributed by atoms with E-state index in [4.69, 9.17) is 9.90 Å². The zero-order valence-electron chi connectivity index (χ0n) is 19.5. The molecular formula is C17H30Na2O13. The first kappa shape index (κ1) is 52.4. The summed E-state index contributed by atoms with van der Waals surface area (Å²) in [6.45, 7) is 4.56. The van der Waals surface area contributed by atoms with Crippen LogP contribution in [-0.4, -0.2) is 79.3 Å². The molecule has 0 bridgehead atoms. The number of hydrogen-bond donors (Lipinski definition) is 0. The predicted molar refractivity (Wildman–Crippen MR) is 98.2 cm³/mol. The van der Waals surface area contributed by atoms with Crippen LogP contribution in [-0.2, 0) is 52.5 Å². The molecule has 0 fully saturated rings. The number of esters is 5. The molecule has 0 unspecified atom stereocenters. The van der Waals surface area contributed by atoms with Gasteiger partial charge in [0.05, 0.1) is 35.5 Å². The smallest absolute Gasteiger partial charge is 0.867 e. The minimum atomic E-state index is -1.07. The molecular weight excluding hydrogens is 458 g/mol. The summed E-state index contributed by atoms with van der Waals surface area (Å²) < 4.78 is 20.4. The van der Waals surface area contributed by atoms with E-state index in [1.54, 1.807) is 0 Å². The van der Waals surface area contributed by atoms with Crippen LogP contribution in [0.25, 0.3) is 0 Å². The molecule has 0 amide bonds. The molecule has 0 saturated carbocycles. The minimum Gasteiger partial charge on any atom is -0.867 e. The van der Waals surface area contributed by atoms with E-state index in [-0.39, 0.29) is 78.1 Å². The van der Waals surface area contributed by atoms with Crippen molar-refractivity contribution in [2.75, 3.05) is 42.7 Å². The van der Waals surface area contributed by atoms with Gasteiger partial charge in [-0.25, -0.2) is 19.2 Å². The van der Waals surface area contributed by atoms with Gasteiger partial charge in [-0.15, -0.1) is 0 Å². The second-order valence-corrected chi connectivity index (χ2v) is 3.62. The number of carbonyl (C=O) groups excluding carboxylic acids is 6. The van der Waals surface area contributed by atoms with E-state index in [1.807, 2.05) is 6.79 Å². The van der Waals surface area contributed by atoms with Crippen molar-refractivity contribution >= 4 is 36.6 Å². The average molecular weight is 488 g/mol. The van der Waals surface area contributed by atoms with Crippen molar-refractivity contribution in [1.82, 2.24) is 0 Å². The Kier molecular flexibility index (Phi) is 65.4. The molecule has 0 N–H and O–H groups in total. The summed E-state index contributed by atoms with van der Waals surface area (Å²) >= 11 is 0. The van der Waals surface area contributed by atoms with Gasteiger partial charge in [0.25, 0.3) is 0 Å². The van der Waals surface area contributed by atoms with Crippen LogP contribution >= 0.6 is 0 Å². The van der Waals surface area contributed by atoms with Crippen LogP contribution in [0.5, 0.6) is 0 Å². The van der Waals surface area contributed by atoms with Crippen molar-refractivity contribution < 1.29 is 122 Å². The van der Waals surface area contributed by atoms with E-state index in [2.05, 4.69) is 23.7 Å². The molecule has 0 aromatic rings. The first-order valence-electron chi connectivity index (χ1n) is 6.98. The van der Waals surface area contributed by atoms with Crippen molar-refractivity contribution in [3.8, 4) is 0 Å². The molecule has 13 nitrogen and oxygen atoms in total. The van der Waals surface area contributed by atoms with Gasteiger partial charge in [0.2, 0.25) is 0 Å². The van der Waals surface area contributed by atoms with E-state index in [1.165, 1.54) is 21.0 Å². The van der Waals surface area contributed by atoms with Crippen LogP contribution in [0.1, 0.15) is 21.3 Å². The fourth-order valence-corrected chi connectivity index (χ4v) is 0.658. The largest absolute Gasteiger partial charge is 1.00 e. The van der Waals surface area contributed by atoms with Gasteiger partial charge in [0.1, 0.15) is 6.79 Å². The average Bonchev–Trinajstić information content (AvgIpc) is 2.78. The summed E-state index contributed by atoms with van der Waals surface area (Å²) in [7, 11) is 6.50. The maximum Gasteiger partial charge on any atom is 1.00 e. The van der Waals surface area contributed by atoms with Crippen LogP contribution in [0.15, 0.2) is 11.3 Å². The van der Waals surface area contributed by atoms with Crippen molar-refractivity contribution in [1.29, 1.82) is 0 Å². The van der Waals surface area contributed by atoms with E-state index in [0.29, 0.717) is 0 Å².